The molecule has 0 saturated heterocycles. The molecule has 3 rings (SSSR count). The molecule has 3 aromatic rings. The highest BCUT2D eigenvalue weighted by molar-refractivity contribution is 6.33. The number of hydrogen-bond donors (Lipinski definition) is 2. The van der Waals surface area contributed by atoms with E-state index in [9.17, 15) is 0 Å². The molecule has 0 unspecified atom stereocenters. The second-order valence-electron chi connectivity index (χ2n) is 5.47. The summed E-state index contributed by atoms with van der Waals surface area (Å²) in [6, 6.07) is 11.2. The summed E-state index contributed by atoms with van der Waals surface area (Å²) in [5, 5.41) is 7.25. The predicted octanol–water partition coefficient (Wildman–Crippen LogP) is 5.94. The van der Waals surface area contributed by atoms with Crippen LogP contribution in [0.15, 0.2) is 36.4 Å². The van der Waals surface area contributed by atoms with Gasteiger partial charge in [-0.3, -0.25) is 0 Å². The molecule has 8 heteroatoms. The predicted molar refractivity (Wildman–Crippen MR) is 104 cm³/mol. The van der Waals surface area contributed by atoms with Crippen LogP contribution in [0.2, 0.25) is 15.3 Å². The van der Waals surface area contributed by atoms with Crippen LogP contribution in [0.1, 0.15) is 11.1 Å². The maximum Gasteiger partial charge on any atom is 0.233 e. The SMILES string of the molecule is Cc1ccc(Nc2nc(Cl)nc(Nc3ccc(C)cc3Cl)n2)c(Cl)c1. The average molecular weight is 395 g/mol. The van der Waals surface area contributed by atoms with E-state index in [0.29, 0.717) is 21.4 Å². The molecule has 0 amide bonds. The molecule has 5 nitrogen and oxygen atoms in total. The van der Waals surface area contributed by atoms with Crippen molar-refractivity contribution >= 4 is 58.1 Å². The van der Waals surface area contributed by atoms with Crippen molar-refractivity contribution in [3.8, 4) is 0 Å². The van der Waals surface area contributed by atoms with Crippen LogP contribution in [0.5, 0.6) is 0 Å². The average Bonchev–Trinajstić information content (AvgIpc) is 2.52. The van der Waals surface area contributed by atoms with E-state index in [0.717, 1.165) is 11.1 Å². The Morgan fingerprint density at radius 1 is 0.680 bits per heavy atom. The zero-order valence-corrected chi connectivity index (χ0v) is 15.7. The van der Waals surface area contributed by atoms with Crippen molar-refractivity contribution in [1.82, 2.24) is 15.0 Å². The summed E-state index contributed by atoms with van der Waals surface area (Å²) < 4.78 is 0. The summed E-state index contributed by atoms with van der Waals surface area (Å²) in [7, 11) is 0. The second-order valence-corrected chi connectivity index (χ2v) is 6.62. The normalized spacial score (nSPS) is 10.6. The van der Waals surface area contributed by atoms with Crippen LogP contribution in [-0.2, 0) is 0 Å². The standard InChI is InChI=1S/C17H14Cl3N5/c1-9-3-5-13(11(18)7-9)21-16-23-15(20)24-17(25-16)22-14-6-4-10(2)8-12(14)19/h3-8H,1-2H3,(H2,21,22,23,24,25). The van der Waals surface area contributed by atoms with E-state index >= 15 is 0 Å². The smallest absolute Gasteiger partial charge is 0.233 e. The van der Waals surface area contributed by atoms with Gasteiger partial charge < -0.3 is 10.6 Å². The topological polar surface area (TPSA) is 62.7 Å². The van der Waals surface area contributed by atoms with E-state index in [4.69, 9.17) is 34.8 Å². The Bertz CT molecular complexity index is 858. The highest BCUT2D eigenvalue weighted by atomic mass is 35.5. The monoisotopic (exact) mass is 393 g/mol. The highest BCUT2D eigenvalue weighted by Gasteiger charge is 2.09. The van der Waals surface area contributed by atoms with Crippen molar-refractivity contribution in [2.45, 2.75) is 13.8 Å². The number of anilines is 4. The Balaban J connectivity index is 1.87. The molecular formula is C17H14Cl3N5. The van der Waals surface area contributed by atoms with Gasteiger partial charge in [0.1, 0.15) is 0 Å². The van der Waals surface area contributed by atoms with Crippen LogP contribution < -0.4 is 10.6 Å². The van der Waals surface area contributed by atoms with Gasteiger partial charge in [0.15, 0.2) is 0 Å². The molecule has 2 aromatic carbocycles. The lowest BCUT2D eigenvalue weighted by Crippen LogP contribution is -2.04. The van der Waals surface area contributed by atoms with Gasteiger partial charge in [-0.15, -0.1) is 0 Å². The fourth-order valence-corrected chi connectivity index (χ4v) is 2.87. The van der Waals surface area contributed by atoms with Gasteiger partial charge in [-0.05, 0) is 60.8 Å². The van der Waals surface area contributed by atoms with Crippen molar-refractivity contribution in [2.75, 3.05) is 10.6 Å². The molecule has 25 heavy (non-hydrogen) atoms. The Hall–Kier alpha value is -2.08. The van der Waals surface area contributed by atoms with E-state index < -0.39 is 0 Å². The van der Waals surface area contributed by atoms with Gasteiger partial charge in [0.2, 0.25) is 17.2 Å². The third-order valence-electron chi connectivity index (χ3n) is 3.35. The lowest BCUT2D eigenvalue weighted by molar-refractivity contribution is 1.06. The molecule has 0 saturated carbocycles. The molecule has 1 heterocycles. The number of nitrogens with zero attached hydrogens (tertiary/aromatic N) is 3. The van der Waals surface area contributed by atoms with Crippen LogP contribution in [0.3, 0.4) is 0 Å². The van der Waals surface area contributed by atoms with Crippen molar-refractivity contribution in [2.24, 2.45) is 0 Å². The summed E-state index contributed by atoms with van der Waals surface area (Å²) in [6.45, 7) is 3.92. The van der Waals surface area contributed by atoms with Crippen LogP contribution in [0.25, 0.3) is 0 Å². The quantitative estimate of drug-likeness (QED) is 0.573. The summed E-state index contributed by atoms with van der Waals surface area (Å²) >= 11 is 18.5. The van der Waals surface area contributed by atoms with E-state index in [1.165, 1.54) is 0 Å². The Morgan fingerprint density at radius 3 is 1.52 bits per heavy atom. The molecule has 0 radical (unpaired) electrons. The van der Waals surface area contributed by atoms with E-state index in [2.05, 4.69) is 25.6 Å². The Kier molecular flexibility index (Phi) is 5.27. The first kappa shape index (κ1) is 17.7. The zero-order chi connectivity index (χ0) is 18.0. The molecule has 0 aliphatic rings. The summed E-state index contributed by atoms with van der Waals surface area (Å²) in [4.78, 5) is 12.4. The van der Waals surface area contributed by atoms with E-state index in [1.54, 1.807) is 0 Å². The highest BCUT2D eigenvalue weighted by Crippen LogP contribution is 2.28. The maximum atomic E-state index is 6.22. The minimum Gasteiger partial charge on any atom is -0.323 e. The van der Waals surface area contributed by atoms with Crippen LogP contribution in [0.4, 0.5) is 23.3 Å². The molecule has 0 aliphatic heterocycles. The second kappa shape index (κ2) is 7.44. The third-order valence-corrected chi connectivity index (χ3v) is 4.14. The first-order valence-electron chi connectivity index (χ1n) is 7.38. The third kappa shape index (κ3) is 4.51. The number of halogens is 3. The molecular weight excluding hydrogens is 381 g/mol. The minimum atomic E-state index is 0.0477. The van der Waals surface area contributed by atoms with Crippen LogP contribution in [-0.4, -0.2) is 15.0 Å². The first-order chi connectivity index (χ1) is 11.9. The van der Waals surface area contributed by atoms with Crippen molar-refractivity contribution in [3.05, 3.63) is 62.9 Å². The molecule has 0 atom stereocenters. The lowest BCUT2D eigenvalue weighted by atomic mass is 10.2. The lowest BCUT2D eigenvalue weighted by Gasteiger charge is -2.11. The van der Waals surface area contributed by atoms with E-state index in [-0.39, 0.29) is 17.2 Å². The van der Waals surface area contributed by atoms with Gasteiger partial charge >= 0.3 is 0 Å². The Morgan fingerprint density at radius 2 is 1.12 bits per heavy atom. The number of aromatic nitrogens is 3. The molecule has 0 aliphatic carbocycles. The molecule has 0 bridgehead atoms. The summed E-state index contributed by atoms with van der Waals surface area (Å²) in [5.74, 6) is 0.549. The fourth-order valence-electron chi connectivity index (χ4n) is 2.15. The molecule has 2 N–H and O–H groups in total. The molecule has 0 spiro atoms. The summed E-state index contributed by atoms with van der Waals surface area (Å²) in [5.41, 5.74) is 3.46. The zero-order valence-electron chi connectivity index (χ0n) is 13.4. The molecule has 128 valence electrons. The van der Waals surface area contributed by atoms with Gasteiger partial charge in [0.05, 0.1) is 21.4 Å². The number of benzene rings is 2. The van der Waals surface area contributed by atoms with Crippen molar-refractivity contribution in [3.63, 3.8) is 0 Å². The van der Waals surface area contributed by atoms with Gasteiger partial charge in [-0.2, -0.15) is 15.0 Å². The van der Waals surface area contributed by atoms with Crippen LogP contribution in [0, 0.1) is 13.8 Å². The first-order valence-corrected chi connectivity index (χ1v) is 8.52. The summed E-state index contributed by atoms with van der Waals surface area (Å²) in [6.07, 6.45) is 0. The van der Waals surface area contributed by atoms with Gasteiger partial charge in [0, 0.05) is 0 Å². The van der Waals surface area contributed by atoms with Crippen molar-refractivity contribution < 1.29 is 0 Å². The number of nitrogens with one attached hydrogen (secondary N) is 2. The van der Waals surface area contributed by atoms with Gasteiger partial charge in [-0.1, -0.05) is 35.3 Å². The fraction of sp³-hybridized carbons (Fsp3) is 0.118. The Labute approximate surface area is 160 Å². The largest absolute Gasteiger partial charge is 0.323 e. The van der Waals surface area contributed by atoms with E-state index in [1.807, 2.05) is 50.2 Å². The van der Waals surface area contributed by atoms with Gasteiger partial charge in [0.25, 0.3) is 0 Å². The number of aryl methyl sites for hydroxylation is 2. The maximum absolute atomic E-state index is 6.22. The molecule has 1 aromatic heterocycles. The van der Waals surface area contributed by atoms with Crippen molar-refractivity contribution in [1.29, 1.82) is 0 Å². The number of hydrogen-bond acceptors (Lipinski definition) is 5. The minimum absolute atomic E-state index is 0.0477. The molecule has 0 fully saturated rings. The number of rotatable bonds is 4. The van der Waals surface area contributed by atoms with Crippen LogP contribution >= 0.6 is 34.8 Å². The van der Waals surface area contributed by atoms with Gasteiger partial charge in [-0.25, -0.2) is 0 Å².